The van der Waals surface area contributed by atoms with E-state index in [0.717, 1.165) is 27.3 Å². The number of aryl methyl sites for hydroxylation is 2. The number of hydrogen-bond donors (Lipinski definition) is 2. The van der Waals surface area contributed by atoms with Crippen molar-refractivity contribution in [1.29, 1.82) is 0 Å². The van der Waals surface area contributed by atoms with Crippen molar-refractivity contribution < 1.29 is 0 Å². The molecular weight excluding hydrogens is 256 g/mol. The molecule has 0 fully saturated rings. The van der Waals surface area contributed by atoms with Crippen LogP contribution in [0.4, 0.5) is 5.69 Å². The average molecular weight is 272 g/mol. The fraction of sp³-hybridized carbons (Fsp3) is 0.286. The lowest BCUT2D eigenvalue weighted by Crippen LogP contribution is -2.06. The zero-order chi connectivity index (χ0) is 13.4. The molecule has 0 amide bonds. The number of benzene rings is 1. The Kier molecular flexibility index (Phi) is 2.98. The smallest absolute Gasteiger partial charge is 0.0900 e. The zero-order valence-corrected chi connectivity index (χ0v) is 12.0. The summed E-state index contributed by atoms with van der Waals surface area (Å²) in [5, 5.41) is 12.8. The summed E-state index contributed by atoms with van der Waals surface area (Å²) in [5.41, 5.74) is 3.28. The molecular formula is C14H16N4S. The second-order valence-corrected chi connectivity index (χ2v) is 5.96. The second kappa shape index (κ2) is 4.66. The standard InChI is InChI=1S/C14H16N4S/c1-8-14(19-10(3)16-8)9(2)17-12-4-5-13-11(6-12)7-15-18-13/h4-7,9,17H,1-3H3,(H,15,18). The first-order chi connectivity index (χ1) is 9.13. The average Bonchev–Trinajstić information content (AvgIpc) is 2.94. The summed E-state index contributed by atoms with van der Waals surface area (Å²) < 4.78 is 0. The van der Waals surface area contributed by atoms with Crippen LogP contribution >= 0.6 is 11.3 Å². The molecule has 5 heteroatoms. The summed E-state index contributed by atoms with van der Waals surface area (Å²) in [7, 11) is 0. The summed E-state index contributed by atoms with van der Waals surface area (Å²) in [6, 6.07) is 6.48. The van der Waals surface area contributed by atoms with E-state index in [4.69, 9.17) is 0 Å². The van der Waals surface area contributed by atoms with Gasteiger partial charge < -0.3 is 5.32 Å². The second-order valence-electron chi connectivity index (χ2n) is 4.72. The van der Waals surface area contributed by atoms with Crippen LogP contribution in [0.15, 0.2) is 24.4 Å². The molecule has 3 aromatic rings. The molecule has 0 bridgehead atoms. The predicted molar refractivity (Wildman–Crippen MR) is 79.7 cm³/mol. The van der Waals surface area contributed by atoms with Gasteiger partial charge in [-0.1, -0.05) is 0 Å². The number of fused-ring (bicyclic) bond motifs is 1. The third-order valence-electron chi connectivity index (χ3n) is 3.16. The van der Waals surface area contributed by atoms with Gasteiger partial charge in [-0.2, -0.15) is 5.10 Å². The minimum Gasteiger partial charge on any atom is -0.378 e. The largest absolute Gasteiger partial charge is 0.378 e. The van der Waals surface area contributed by atoms with Crippen LogP contribution in [0.5, 0.6) is 0 Å². The highest BCUT2D eigenvalue weighted by atomic mass is 32.1. The first-order valence-electron chi connectivity index (χ1n) is 6.27. The number of hydrogen-bond acceptors (Lipinski definition) is 4. The summed E-state index contributed by atoms with van der Waals surface area (Å²) in [6.07, 6.45) is 1.84. The molecule has 3 rings (SSSR count). The molecule has 1 unspecified atom stereocenters. The normalized spacial score (nSPS) is 12.8. The van der Waals surface area contributed by atoms with Crippen LogP contribution in [0.3, 0.4) is 0 Å². The van der Waals surface area contributed by atoms with E-state index < -0.39 is 0 Å². The number of thiazole rings is 1. The van der Waals surface area contributed by atoms with Crippen LogP contribution in [0.1, 0.15) is 28.5 Å². The van der Waals surface area contributed by atoms with E-state index in [1.807, 2.05) is 19.2 Å². The molecule has 0 aliphatic rings. The van der Waals surface area contributed by atoms with E-state index in [1.54, 1.807) is 11.3 Å². The Balaban J connectivity index is 1.85. The van der Waals surface area contributed by atoms with Crippen LogP contribution < -0.4 is 5.32 Å². The van der Waals surface area contributed by atoms with Gasteiger partial charge >= 0.3 is 0 Å². The van der Waals surface area contributed by atoms with Gasteiger partial charge in [0.15, 0.2) is 0 Å². The van der Waals surface area contributed by atoms with E-state index in [9.17, 15) is 0 Å². The highest BCUT2D eigenvalue weighted by Crippen LogP contribution is 2.28. The third kappa shape index (κ3) is 2.33. The fourth-order valence-electron chi connectivity index (χ4n) is 2.30. The van der Waals surface area contributed by atoms with E-state index >= 15 is 0 Å². The van der Waals surface area contributed by atoms with Crippen molar-refractivity contribution in [2.45, 2.75) is 26.8 Å². The minimum atomic E-state index is 0.260. The number of anilines is 1. The van der Waals surface area contributed by atoms with E-state index in [2.05, 4.69) is 46.5 Å². The highest BCUT2D eigenvalue weighted by Gasteiger charge is 2.12. The lowest BCUT2D eigenvalue weighted by atomic mass is 10.2. The van der Waals surface area contributed by atoms with Crippen LogP contribution in [0, 0.1) is 13.8 Å². The van der Waals surface area contributed by atoms with Gasteiger partial charge in [0, 0.05) is 16.0 Å². The van der Waals surface area contributed by atoms with Crippen LogP contribution in [0.2, 0.25) is 0 Å². The summed E-state index contributed by atoms with van der Waals surface area (Å²) >= 11 is 1.75. The molecule has 2 aromatic heterocycles. The van der Waals surface area contributed by atoms with Gasteiger partial charge in [-0.3, -0.25) is 5.10 Å². The molecule has 0 radical (unpaired) electrons. The number of H-pyrrole nitrogens is 1. The van der Waals surface area contributed by atoms with Crippen LogP contribution in [0.25, 0.3) is 10.9 Å². The lowest BCUT2D eigenvalue weighted by molar-refractivity contribution is 0.890. The Morgan fingerprint density at radius 1 is 1.32 bits per heavy atom. The monoisotopic (exact) mass is 272 g/mol. The topological polar surface area (TPSA) is 53.6 Å². The van der Waals surface area contributed by atoms with Gasteiger partial charge in [0.2, 0.25) is 0 Å². The van der Waals surface area contributed by atoms with Crippen LogP contribution in [-0.4, -0.2) is 15.2 Å². The summed E-state index contributed by atoms with van der Waals surface area (Å²) in [5.74, 6) is 0. The fourth-order valence-corrected chi connectivity index (χ4v) is 3.23. The lowest BCUT2D eigenvalue weighted by Gasteiger charge is -2.14. The van der Waals surface area contributed by atoms with Crippen molar-refractivity contribution in [2.75, 3.05) is 5.32 Å². The maximum atomic E-state index is 4.48. The Bertz CT molecular complexity index is 713. The van der Waals surface area contributed by atoms with E-state index in [0.29, 0.717) is 0 Å². The first kappa shape index (κ1) is 12.2. The molecule has 1 aromatic carbocycles. The van der Waals surface area contributed by atoms with E-state index in [-0.39, 0.29) is 6.04 Å². The Labute approximate surface area is 115 Å². The first-order valence-corrected chi connectivity index (χ1v) is 7.09. The molecule has 2 heterocycles. The van der Waals surface area contributed by atoms with Crippen molar-refractivity contribution in [3.8, 4) is 0 Å². The summed E-state index contributed by atoms with van der Waals surface area (Å²) in [4.78, 5) is 5.78. The molecule has 0 saturated heterocycles. The number of aromatic nitrogens is 3. The number of nitrogens with zero attached hydrogens (tertiary/aromatic N) is 2. The zero-order valence-electron chi connectivity index (χ0n) is 11.2. The van der Waals surface area contributed by atoms with Crippen molar-refractivity contribution in [2.24, 2.45) is 0 Å². The Hall–Kier alpha value is -1.88. The van der Waals surface area contributed by atoms with Gasteiger partial charge in [-0.25, -0.2) is 4.98 Å². The molecule has 98 valence electrons. The van der Waals surface area contributed by atoms with Gasteiger partial charge in [-0.15, -0.1) is 11.3 Å². The van der Waals surface area contributed by atoms with Gasteiger partial charge in [0.25, 0.3) is 0 Å². The van der Waals surface area contributed by atoms with Gasteiger partial charge in [-0.05, 0) is 39.0 Å². The Morgan fingerprint density at radius 3 is 2.89 bits per heavy atom. The van der Waals surface area contributed by atoms with Crippen molar-refractivity contribution >= 4 is 27.9 Å². The molecule has 2 N–H and O–H groups in total. The maximum absolute atomic E-state index is 4.48. The van der Waals surface area contributed by atoms with E-state index in [1.165, 1.54) is 4.88 Å². The molecule has 0 saturated carbocycles. The number of nitrogens with one attached hydrogen (secondary N) is 2. The molecule has 0 aliphatic carbocycles. The maximum Gasteiger partial charge on any atom is 0.0900 e. The molecule has 4 nitrogen and oxygen atoms in total. The highest BCUT2D eigenvalue weighted by molar-refractivity contribution is 7.11. The molecule has 0 aliphatic heterocycles. The predicted octanol–water partition coefficient (Wildman–Crippen LogP) is 3.81. The van der Waals surface area contributed by atoms with Crippen molar-refractivity contribution in [3.05, 3.63) is 40.0 Å². The molecule has 19 heavy (non-hydrogen) atoms. The molecule has 1 atom stereocenters. The third-order valence-corrected chi connectivity index (χ3v) is 4.41. The minimum absolute atomic E-state index is 0.260. The van der Waals surface area contributed by atoms with Crippen molar-refractivity contribution in [3.63, 3.8) is 0 Å². The SMILES string of the molecule is Cc1nc(C)c(C(C)Nc2ccc3[nH]ncc3c2)s1. The molecule has 0 spiro atoms. The number of aromatic amines is 1. The number of rotatable bonds is 3. The quantitative estimate of drug-likeness (QED) is 0.762. The van der Waals surface area contributed by atoms with Gasteiger partial charge in [0.1, 0.15) is 0 Å². The van der Waals surface area contributed by atoms with Crippen LogP contribution in [-0.2, 0) is 0 Å². The van der Waals surface area contributed by atoms with Crippen molar-refractivity contribution in [1.82, 2.24) is 15.2 Å². The summed E-state index contributed by atoms with van der Waals surface area (Å²) in [6.45, 7) is 6.28. The van der Waals surface area contributed by atoms with Gasteiger partial charge in [0.05, 0.1) is 28.5 Å². The Morgan fingerprint density at radius 2 is 2.16 bits per heavy atom.